The topological polar surface area (TPSA) is 37.3 Å². The summed E-state index contributed by atoms with van der Waals surface area (Å²) >= 11 is 0. The van der Waals surface area contributed by atoms with Gasteiger partial charge in [-0.05, 0) is 18.1 Å². The number of hydrogen-bond acceptors (Lipinski definition) is 1. The van der Waals surface area contributed by atoms with E-state index in [9.17, 15) is 9.18 Å². The maximum Gasteiger partial charge on any atom is 0.310 e. The highest BCUT2D eigenvalue weighted by atomic mass is 19.1. The fraction of sp³-hybridized carbons (Fsp3) is 0.364. The number of carboxylic acid groups (broad SMARTS) is 1. The first kappa shape index (κ1) is 10.7. The van der Waals surface area contributed by atoms with Crippen molar-refractivity contribution in [2.75, 3.05) is 6.67 Å². The first-order chi connectivity index (χ1) is 6.65. The van der Waals surface area contributed by atoms with Gasteiger partial charge >= 0.3 is 5.97 Å². The molecule has 0 saturated carbocycles. The number of aryl methyl sites for hydroxylation is 1. The number of halogens is 1. The maximum atomic E-state index is 12.1. The molecular weight excluding hydrogens is 183 g/mol. The molecule has 0 heterocycles. The van der Waals surface area contributed by atoms with Gasteiger partial charge in [0.2, 0.25) is 0 Å². The van der Waals surface area contributed by atoms with Crippen LogP contribution in [0.15, 0.2) is 24.3 Å². The van der Waals surface area contributed by atoms with Crippen molar-refractivity contribution in [1.82, 2.24) is 0 Å². The van der Waals surface area contributed by atoms with Crippen LogP contribution in [0.5, 0.6) is 0 Å². The van der Waals surface area contributed by atoms with E-state index < -0.39 is 18.6 Å². The third-order valence-corrected chi connectivity index (χ3v) is 2.20. The summed E-state index contributed by atoms with van der Waals surface area (Å²) in [5.74, 6) is -1.39. The minimum absolute atomic E-state index is 0.347. The molecule has 0 radical (unpaired) electrons. The van der Waals surface area contributed by atoms with Crippen LogP contribution in [0.1, 0.15) is 24.0 Å². The average Bonchev–Trinajstić information content (AvgIpc) is 2.17. The monoisotopic (exact) mass is 196 g/mol. The molecule has 1 aromatic rings. The Morgan fingerprint density at radius 2 is 2.29 bits per heavy atom. The zero-order valence-electron chi connectivity index (χ0n) is 8.03. The number of benzene rings is 1. The minimum atomic E-state index is -0.859. The molecule has 1 rings (SSSR count). The van der Waals surface area contributed by atoms with E-state index in [1.165, 1.54) is 0 Å². The summed E-state index contributed by atoms with van der Waals surface area (Å²) in [6.45, 7) is 1.21. The van der Waals surface area contributed by atoms with Crippen molar-refractivity contribution in [2.24, 2.45) is 0 Å². The molecule has 3 heteroatoms. The van der Waals surface area contributed by atoms with Crippen LogP contribution < -0.4 is 0 Å². The number of alkyl halides is 1. The fourth-order valence-electron chi connectivity index (χ4n) is 1.27. The molecule has 0 aromatic heterocycles. The van der Waals surface area contributed by atoms with E-state index in [0.29, 0.717) is 6.42 Å². The molecule has 0 aliphatic rings. The Bertz CT molecular complexity index is 323. The summed E-state index contributed by atoms with van der Waals surface area (Å²) in [6, 6.07) is 7.07. The summed E-state index contributed by atoms with van der Waals surface area (Å²) < 4.78 is 12.1. The lowest BCUT2D eigenvalue weighted by Gasteiger charge is -2.07. The smallest absolute Gasteiger partial charge is 0.310 e. The normalized spacial score (nSPS) is 12.4. The Balaban J connectivity index is 2.87. The van der Waals surface area contributed by atoms with Gasteiger partial charge in [-0.15, -0.1) is 0 Å². The molecule has 0 bridgehead atoms. The molecule has 14 heavy (non-hydrogen) atoms. The van der Waals surface area contributed by atoms with E-state index >= 15 is 0 Å². The number of carbonyl (C=O) groups is 1. The SMILES string of the molecule is CC(C(=O)O)c1cccc(CCF)c1. The van der Waals surface area contributed by atoms with Gasteiger partial charge in [0, 0.05) is 6.42 Å². The van der Waals surface area contributed by atoms with Crippen LogP contribution in [0, 0.1) is 0 Å². The van der Waals surface area contributed by atoms with E-state index in [-0.39, 0.29) is 0 Å². The maximum absolute atomic E-state index is 12.1. The van der Waals surface area contributed by atoms with Gasteiger partial charge in [0.15, 0.2) is 0 Å². The second-order valence-corrected chi connectivity index (χ2v) is 3.24. The zero-order valence-corrected chi connectivity index (χ0v) is 8.03. The van der Waals surface area contributed by atoms with Gasteiger partial charge in [-0.25, -0.2) is 0 Å². The predicted octanol–water partition coefficient (Wildman–Crippen LogP) is 2.39. The molecule has 0 amide bonds. The van der Waals surface area contributed by atoms with Crippen molar-refractivity contribution < 1.29 is 14.3 Å². The highest BCUT2D eigenvalue weighted by molar-refractivity contribution is 5.75. The number of carboxylic acids is 1. The molecule has 0 aliphatic heterocycles. The fourth-order valence-corrected chi connectivity index (χ4v) is 1.27. The lowest BCUT2D eigenvalue weighted by atomic mass is 9.98. The van der Waals surface area contributed by atoms with Gasteiger partial charge in [0.05, 0.1) is 12.6 Å². The molecule has 1 aromatic carbocycles. The Morgan fingerprint density at radius 3 is 2.86 bits per heavy atom. The van der Waals surface area contributed by atoms with E-state index in [1.54, 1.807) is 31.2 Å². The summed E-state index contributed by atoms with van der Waals surface area (Å²) in [5, 5.41) is 8.78. The van der Waals surface area contributed by atoms with E-state index in [1.807, 2.05) is 0 Å². The van der Waals surface area contributed by atoms with Gasteiger partial charge in [0.25, 0.3) is 0 Å². The van der Waals surface area contributed by atoms with Crippen LogP contribution in [-0.4, -0.2) is 17.8 Å². The Kier molecular flexibility index (Phi) is 3.63. The minimum Gasteiger partial charge on any atom is -0.481 e. The van der Waals surface area contributed by atoms with Crippen LogP contribution in [0.25, 0.3) is 0 Å². The van der Waals surface area contributed by atoms with Crippen LogP contribution in [0.2, 0.25) is 0 Å². The summed E-state index contributed by atoms with van der Waals surface area (Å²) in [7, 11) is 0. The van der Waals surface area contributed by atoms with Crippen molar-refractivity contribution >= 4 is 5.97 Å². The van der Waals surface area contributed by atoms with Gasteiger partial charge in [-0.1, -0.05) is 24.3 Å². The van der Waals surface area contributed by atoms with Crippen LogP contribution in [-0.2, 0) is 11.2 Å². The molecule has 1 unspecified atom stereocenters. The van der Waals surface area contributed by atoms with Crippen molar-refractivity contribution in [3.8, 4) is 0 Å². The molecule has 2 nitrogen and oxygen atoms in total. The van der Waals surface area contributed by atoms with Crippen molar-refractivity contribution in [3.05, 3.63) is 35.4 Å². The van der Waals surface area contributed by atoms with Gasteiger partial charge < -0.3 is 5.11 Å². The average molecular weight is 196 g/mol. The van der Waals surface area contributed by atoms with E-state index in [2.05, 4.69) is 0 Å². The first-order valence-electron chi connectivity index (χ1n) is 4.52. The summed E-state index contributed by atoms with van der Waals surface area (Å²) in [4.78, 5) is 10.7. The van der Waals surface area contributed by atoms with Crippen LogP contribution in [0.4, 0.5) is 4.39 Å². The third-order valence-electron chi connectivity index (χ3n) is 2.20. The second-order valence-electron chi connectivity index (χ2n) is 3.24. The third kappa shape index (κ3) is 2.55. The summed E-state index contributed by atoms with van der Waals surface area (Å²) in [5.41, 5.74) is 1.57. The van der Waals surface area contributed by atoms with Crippen LogP contribution in [0.3, 0.4) is 0 Å². The van der Waals surface area contributed by atoms with Crippen LogP contribution >= 0.6 is 0 Å². The standard InChI is InChI=1S/C11H13FO2/c1-8(11(13)14)10-4-2-3-9(7-10)5-6-12/h2-4,7-8H,5-6H2,1H3,(H,13,14). The van der Waals surface area contributed by atoms with Crippen molar-refractivity contribution in [1.29, 1.82) is 0 Å². The quantitative estimate of drug-likeness (QED) is 0.802. The number of aliphatic carboxylic acids is 1. The number of hydrogen-bond donors (Lipinski definition) is 1. The lowest BCUT2D eigenvalue weighted by molar-refractivity contribution is -0.138. The highest BCUT2D eigenvalue weighted by Crippen LogP contribution is 2.17. The first-order valence-corrected chi connectivity index (χ1v) is 4.52. The van der Waals surface area contributed by atoms with Crippen molar-refractivity contribution in [2.45, 2.75) is 19.3 Å². The predicted molar refractivity (Wildman–Crippen MR) is 52.2 cm³/mol. The largest absolute Gasteiger partial charge is 0.481 e. The molecule has 1 atom stereocenters. The molecule has 1 N–H and O–H groups in total. The van der Waals surface area contributed by atoms with E-state index in [0.717, 1.165) is 11.1 Å². The number of rotatable bonds is 4. The van der Waals surface area contributed by atoms with Gasteiger partial charge in [-0.3, -0.25) is 9.18 Å². The molecule has 0 fully saturated rings. The molecule has 76 valence electrons. The van der Waals surface area contributed by atoms with Crippen molar-refractivity contribution in [3.63, 3.8) is 0 Å². The summed E-state index contributed by atoms with van der Waals surface area (Å²) in [6.07, 6.45) is 0.347. The molecule has 0 spiro atoms. The second kappa shape index (κ2) is 4.74. The zero-order chi connectivity index (χ0) is 10.6. The molecule has 0 saturated heterocycles. The van der Waals surface area contributed by atoms with Gasteiger partial charge in [0.1, 0.15) is 0 Å². The Labute approximate surface area is 82.4 Å². The van der Waals surface area contributed by atoms with E-state index in [4.69, 9.17) is 5.11 Å². The molecular formula is C11H13FO2. The highest BCUT2D eigenvalue weighted by Gasteiger charge is 2.13. The Morgan fingerprint density at radius 1 is 1.57 bits per heavy atom. The Hall–Kier alpha value is -1.38. The molecule has 0 aliphatic carbocycles. The lowest BCUT2D eigenvalue weighted by Crippen LogP contribution is -2.07. The van der Waals surface area contributed by atoms with Gasteiger partial charge in [-0.2, -0.15) is 0 Å².